The quantitative estimate of drug-likeness (QED) is 0.644. The predicted molar refractivity (Wildman–Crippen MR) is 52.5 cm³/mol. The normalized spacial score (nSPS) is 16.7. The van der Waals surface area contributed by atoms with Gasteiger partial charge in [-0.2, -0.15) is 0 Å². The molecule has 1 saturated carbocycles. The summed E-state index contributed by atoms with van der Waals surface area (Å²) in [6, 6.07) is 8.17. The zero-order valence-corrected chi connectivity index (χ0v) is 7.40. The Balaban J connectivity index is 2.30. The van der Waals surface area contributed by atoms with Crippen molar-refractivity contribution < 1.29 is 0 Å². The summed E-state index contributed by atoms with van der Waals surface area (Å²) in [4.78, 5) is 4.57. The topological polar surface area (TPSA) is 17.8 Å². The Labute approximate surface area is 77.2 Å². The third-order valence-corrected chi connectivity index (χ3v) is 2.63. The van der Waals surface area contributed by atoms with Gasteiger partial charge >= 0.3 is 0 Å². The minimum Gasteiger partial charge on any atom is -0.326 e. The van der Waals surface area contributed by atoms with E-state index in [4.69, 9.17) is 0 Å². The lowest BCUT2D eigenvalue weighted by Gasteiger charge is -1.97. The van der Waals surface area contributed by atoms with Crippen molar-refractivity contribution in [2.45, 2.75) is 18.8 Å². The highest BCUT2D eigenvalue weighted by molar-refractivity contribution is 5.76. The van der Waals surface area contributed by atoms with Gasteiger partial charge in [0.2, 0.25) is 0 Å². The van der Waals surface area contributed by atoms with Crippen LogP contribution in [0.15, 0.2) is 24.3 Å². The summed E-state index contributed by atoms with van der Waals surface area (Å²) in [6.07, 6.45) is 2.55. The first-order valence-corrected chi connectivity index (χ1v) is 4.64. The molecule has 0 bridgehead atoms. The van der Waals surface area contributed by atoms with Gasteiger partial charge in [-0.25, -0.2) is 4.98 Å². The van der Waals surface area contributed by atoms with E-state index in [1.807, 2.05) is 22.8 Å². The molecule has 0 aliphatic heterocycles. The zero-order chi connectivity index (χ0) is 8.84. The van der Waals surface area contributed by atoms with Gasteiger partial charge in [0, 0.05) is 13.0 Å². The molecule has 2 aromatic rings. The lowest BCUT2D eigenvalue weighted by Crippen LogP contribution is -1.92. The van der Waals surface area contributed by atoms with E-state index in [1.54, 1.807) is 0 Å². The van der Waals surface area contributed by atoms with Gasteiger partial charge in [0.05, 0.1) is 11.0 Å². The lowest BCUT2D eigenvalue weighted by atomic mass is 10.3. The molecule has 1 radical (unpaired) electrons. The number of hydrogen-bond acceptors (Lipinski definition) is 1. The van der Waals surface area contributed by atoms with E-state index in [-0.39, 0.29) is 0 Å². The highest BCUT2D eigenvalue weighted by Crippen LogP contribution is 2.40. The van der Waals surface area contributed by atoms with Crippen LogP contribution in [-0.4, -0.2) is 9.55 Å². The summed E-state index contributed by atoms with van der Waals surface area (Å²) in [5.41, 5.74) is 2.21. The molecule has 2 heteroatoms. The van der Waals surface area contributed by atoms with E-state index >= 15 is 0 Å². The maximum atomic E-state index is 4.57. The second-order valence-corrected chi connectivity index (χ2v) is 3.66. The van der Waals surface area contributed by atoms with E-state index < -0.39 is 0 Å². The van der Waals surface area contributed by atoms with Crippen LogP contribution >= 0.6 is 0 Å². The number of nitrogens with zero attached hydrogens (tertiary/aromatic N) is 2. The van der Waals surface area contributed by atoms with Crippen LogP contribution in [0.4, 0.5) is 0 Å². The average molecular weight is 171 g/mol. The second-order valence-electron chi connectivity index (χ2n) is 3.66. The van der Waals surface area contributed by atoms with Crippen molar-refractivity contribution in [1.82, 2.24) is 9.55 Å². The smallest absolute Gasteiger partial charge is 0.113 e. The molecular formula is C11H11N2. The van der Waals surface area contributed by atoms with Crippen LogP contribution in [0.5, 0.6) is 0 Å². The number of fused-ring (bicyclic) bond motifs is 1. The van der Waals surface area contributed by atoms with Crippen molar-refractivity contribution in [2.24, 2.45) is 0 Å². The Kier molecular flexibility index (Phi) is 1.29. The number of para-hydroxylation sites is 2. The first kappa shape index (κ1) is 7.13. The molecule has 1 fully saturated rings. The van der Waals surface area contributed by atoms with Crippen LogP contribution in [0.2, 0.25) is 0 Å². The number of hydrogen-bond donors (Lipinski definition) is 0. The van der Waals surface area contributed by atoms with Gasteiger partial charge in [-0.15, -0.1) is 0 Å². The van der Waals surface area contributed by atoms with Crippen LogP contribution in [-0.2, 0) is 0 Å². The summed E-state index contributed by atoms with van der Waals surface area (Å²) in [5.74, 6) is 1.83. The van der Waals surface area contributed by atoms with Crippen LogP contribution in [0, 0.1) is 7.05 Å². The Hall–Kier alpha value is -1.31. The minimum atomic E-state index is 0.671. The van der Waals surface area contributed by atoms with Crippen molar-refractivity contribution in [3.8, 4) is 0 Å². The Morgan fingerprint density at radius 3 is 2.77 bits per heavy atom. The summed E-state index contributed by atoms with van der Waals surface area (Å²) in [7, 11) is 4.02. The molecule has 0 N–H and O–H groups in total. The van der Waals surface area contributed by atoms with Gasteiger partial charge in [-0.1, -0.05) is 12.1 Å². The van der Waals surface area contributed by atoms with E-state index in [9.17, 15) is 0 Å². The van der Waals surface area contributed by atoms with Gasteiger partial charge in [0.25, 0.3) is 0 Å². The van der Waals surface area contributed by atoms with Crippen molar-refractivity contribution in [3.63, 3.8) is 0 Å². The van der Waals surface area contributed by atoms with E-state index in [1.165, 1.54) is 12.8 Å². The van der Waals surface area contributed by atoms with Crippen LogP contribution in [0.1, 0.15) is 24.6 Å². The van der Waals surface area contributed by atoms with Crippen molar-refractivity contribution in [2.75, 3.05) is 0 Å². The largest absolute Gasteiger partial charge is 0.326 e. The molecule has 1 aliphatic carbocycles. The third kappa shape index (κ3) is 0.981. The summed E-state index contributed by atoms with van der Waals surface area (Å²) >= 11 is 0. The maximum absolute atomic E-state index is 4.57. The zero-order valence-electron chi connectivity index (χ0n) is 7.40. The van der Waals surface area contributed by atoms with E-state index in [2.05, 4.69) is 18.1 Å². The molecule has 0 atom stereocenters. The molecule has 13 heavy (non-hydrogen) atoms. The fourth-order valence-electron chi connectivity index (χ4n) is 1.75. The molecule has 1 heterocycles. The van der Waals surface area contributed by atoms with Crippen molar-refractivity contribution in [3.05, 3.63) is 37.1 Å². The Morgan fingerprint density at radius 1 is 1.31 bits per heavy atom. The maximum Gasteiger partial charge on any atom is 0.113 e. The highest BCUT2D eigenvalue weighted by Gasteiger charge is 2.28. The lowest BCUT2D eigenvalue weighted by molar-refractivity contribution is 0.895. The monoisotopic (exact) mass is 171 g/mol. The molecule has 1 aromatic carbocycles. The average Bonchev–Trinajstić information content (AvgIpc) is 2.94. The Bertz CT molecular complexity index is 452. The van der Waals surface area contributed by atoms with E-state index in [0.29, 0.717) is 5.92 Å². The van der Waals surface area contributed by atoms with E-state index in [0.717, 1.165) is 16.9 Å². The van der Waals surface area contributed by atoms with Gasteiger partial charge < -0.3 is 4.57 Å². The SMILES string of the molecule is [CH2]n1c(C2CC2)nc2ccccc21. The van der Waals surface area contributed by atoms with Crippen molar-refractivity contribution >= 4 is 11.0 Å². The minimum absolute atomic E-state index is 0.671. The van der Waals surface area contributed by atoms with Crippen LogP contribution in [0.3, 0.4) is 0 Å². The number of aromatic nitrogens is 2. The predicted octanol–water partition coefficient (Wildman–Crippen LogP) is 2.55. The fraction of sp³-hybridized carbons (Fsp3) is 0.273. The Morgan fingerprint density at radius 2 is 2.08 bits per heavy atom. The molecule has 65 valence electrons. The molecule has 0 unspecified atom stereocenters. The molecule has 1 aromatic heterocycles. The molecule has 3 rings (SSSR count). The molecule has 1 aliphatic rings. The van der Waals surface area contributed by atoms with Gasteiger partial charge in [0.1, 0.15) is 5.82 Å². The van der Waals surface area contributed by atoms with Crippen LogP contribution < -0.4 is 0 Å². The standard InChI is InChI=1S/C11H11N2/c1-13-10-5-3-2-4-9(10)12-11(13)8-6-7-8/h2-5,8H,1,6-7H2. The molecular weight excluding hydrogens is 160 g/mol. The molecule has 0 spiro atoms. The van der Waals surface area contributed by atoms with Crippen molar-refractivity contribution in [1.29, 1.82) is 0 Å². The summed E-state index contributed by atoms with van der Waals surface area (Å²) in [6.45, 7) is 0. The second kappa shape index (κ2) is 2.34. The number of imidazole rings is 1. The van der Waals surface area contributed by atoms with Crippen LogP contribution in [0.25, 0.3) is 11.0 Å². The first-order valence-electron chi connectivity index (χ1n) is 4.64. The summed E-state index contributed by atoms with van der Waals surface area (Å²) < 4.78 is 1.98. The number of rotatable bonds is 1. The van der Waals surface area contributed by atoms with Gasteiger partial charge in [-0.3, -0.25) is 0 Å². The summed E-state index contributed by atoms with van der Waals surface area (Å²) in [5, 5.41) is 0. The number of benzene rings is 1. The molecule has 0 amide bonds. The van der Waals surface area contributed by atoms with Gasteiger partial charge in [-0.05, 0) is 25.0 Å². The first-order chi connectivity index (χ1) is 6.36. The fourth-order valence-corrected chi connectivity index (χ4v) is 1.75. The van der Waals surface area contributed by atoms with Gasteiger partial charge in [0.15, 0.2) is 0 Å². The molecule has 0 saturated heterocycles. The molecule has 2 nitrogen and oxygen atoms in total. The third-order valence-electron chi connectivity index (χ3n) is 2.63. The highest BCUT2D eigenvalue weighted by atomic mass is 15.1.